The Morgan fingerprint density at radius 3 is 2.50 bits per heavy atom. The lowest BCUT2D eigenvalue weighted by atomic mass is 10.2. The maximum atomic E-state index is 5.59. The highest BCUT2D eigenvalue weighted by molar-refractivity contribution is 4.98. The van der Waals surface area contributed by atoms with Crippen LogP contribution in [0, 0.1) is 0 Å². The summed E-state index contributed by atoms with van der Waals surface area (Å²) in [6, 6.07) is 0.215. The van der Waals surface area contributed by atoms with Crippen LogP contribution in [0.1, 0.15) is 13.3 Å². The number of nitrogens with two attached hydrogens (primary N) is 1. The summed E-state index contributed by atoms with van der Waals surface area (Å²) in [7, 11) is 3.77. The van der Waals surface area contributed by atoms with Crippen molar-refractivity contribution in [2.75, 3.05) is 14.1 Å². The Morgan fingerprint density at radius 2 is 2.20 bits per heavy atom. The average Bonchev–Trinajstić information content (AvgIpc) is 1.86. The van der Waals surface area contributed by atoms with Gasteiger partial charge in [0.05, 0.1) is 0 Å². The van der Waals surface area contributed by atoms with E-state index in [2.05, 4.69) is 10.6 Å². The van der Waals surface area contributed by atoms with Crippen molar-refractivity contribution in [2.45, 2.75) is 19.4 Å². The molecular weight excluding hydrogens is 126 g/mol. The van der Waals surface area contributed by atoms with Gasteiger partial charge in [0.15, 0.2) is 0 Å². The minimum atomic E-state index is 0.215. The predicted molar refractivity (Wildman–Crippen MR) is 44.5 cm³/mol. The monoisotopic (exact) mass is 143 g/mol. The molecule has 4 N–H and O–H groups in total. The third-order valence-electron chi connectivity index (χ3n) is 1.18. The van der Waals surface area contributed by atoms with Crippen LogP contribution in [-0.4, -0.2) is 20.1 Å². The third kappa shape index (κ3) is 4.21. The molecule has 0 spiro atoms. The molecule has 1 unspecified atom stereocenters. The molecule has 3 heteroatoms. The van der Waals surface area contributed by atoms with E-state index in [9.17, 15) is 0 Å². The van der Waals surface area contributed by atoms with Crippen LogP contribution >= 0.6 is 0 Å². The molecule has 0 amide bonds. The lowest BCUT2D eigenvalue weighted by Gasteiger charge is -2.08. The highest BCUT2D eigenvalue weighted by atomic mass is 14.9. The van der Waals surface area contributed by atoms with Gasteiger partial charge in [-0.05, 0) is 6.92 Å². The second-order valence-electron chi connectivity index (χ2n) is 2.39. The first-order valence-corrected chi connectivity index (χ1v) is 3.50. The van der Waals surface area contributed by atoms with Gasteiger partial charge in [-0.1, -0.05) is 0 Å². The zero-order valence-electron chi connectivity index (χ0n) is 6.94. The van der Waals surface area contributed by atoms with E-state index in [1.54, 1.807) is 0 Å². The van der Waals surface area contributed by atoms with Gasteiger partial charge in [-0.15, -0.1) is 0 Å². The van der Waals surface area contributed by atoms with E-state index in [0.717, 1.165) is 12.1 Å². The first-order chi connectivity index (χ1) is 4.70. The molecule has 60 valence electrons. The van der Waals surface area contributed by atoms with E-state index in [4.69, 9.17) is 5.73 Å². The highest BCUT2D eigenvalue weighted by Gasteiger charge is 1.96. The summed E-state index contributed by atoms with van der Waals surface area (Å²) in [5, 5.41) is 6.00. The Balaban J connectivity index is 3.71. The van der Waals surface area contributed by atoms with E-state index in [1.165, 1.54) is 0 Å². The molecule has 1 atom stereocenters. The van der Waals surface area contributed by atoms with Crippen molar-refractivity contribution in [1.29, 1.82) is 0 Å². The topological polar surface area (TPSA) is 50.1 Å². The van der Waals surface area contributed by atoms with Crippen molar-refractivity contribution in [3.05, 3.63) is 11.9 Å². The second-order valence-corrected chi connectivity index (χ2v) is 2.39. The van der Waals surface area contributed by atoms with Gasteiger partial charge in [0.25, 0.3) is 0 Å². The zero-order valence-corrected chi connectivity index (χ0v) is 6.94. The third-order valence-corrected chi connectivity index (χ3v) is 1.18. The van der Waals surface area contributed by atoms with Gasteiger partial charge in [0, 0.05) is 38.5 Å². The molecule has 3 nitrogen and oxygen atoms in total. The molecular formula is C7H17N3. The fourth-order valence-electron chi connectivity index (χ4n) is 0.754. The lowest BCUT2D eigenvalue weighted by Crippen LogP contribution is -2.21. The van der Waals surface area contributed by atoms with Gasteiger partial charge in [-0.3, -0.25) is 0 Å². The van der Waals surface area contributed by atoms with Crippen LogP contribution in [0.25, 0.3) is 0 Å². The number of nitrogens with one attached hydrogen (secondary N) is 2. The SMILES string of the molecule is CN/C=C(/CC(C)N)NC. The lowest BCUT2D eigenvalue weighted by molar-refractivity contribution is 0.690. The van der Waals surface area contributed by atoms with Crippen molar-refractivity contribution < 1.29 is 0 Å². The Hall–Kier alpha value is -0.700. The molecule has 0 saturated carbocycles. The molecule has 10 heavy (non-hydrogen) atoms. The Labute approximate surface area is 62.7 Å². The highest BCUT2D eigenvalue weighted by Crippen LogP contribution is 1.96. The summed E-state index contributed by atoms with van der Waals surface area (Å²) in [4.78, 5) is 0. The van der Waals surface area contributed by atoms with E-state index in [0.29, 0.717) is 0 Å². The van der Waals surface area contributed by atoms with Crippen LogP contribution in [0.2, 0.25) is 0 Å². The molecule has 0 aromatic heterocycles. The largest absolute Gasteiger partial charge is 0.393 e. The second kappa shape index (κ2) is 5.11. The van der Waals surface area contributed by atoms with Crippen molar-refractivity contribution in [1.82, 2.24) is 10.6 Å². The van der Waals surface area contributed by atoms with Gasteiger partial charge in [-0.25, -0.2) is 0 Å². The summed E-state index contributed by atoms with van der Waals surface area (Å²) in [5.74, 6) is 0. The van der Waals surface area contributed by atoms with Crippen molar-refractivity contribution >= 4 is 0 Å². The zero-order chi connectivity index (χ0) is 7.98. The normalized spacial score (nSPS) is 14.6. The molecule has 0 aliphatic carbocycles. The van der Waals surface area contributed by atoms with E-state index < -0.39 is 0 Å². The van der Waals surface area contributed by atoms with Crippen LogP contribution in [0.3, 0.4) is 0 Å². The summed E-state index contributed by atoms with van der Waals surface area (Å²) in [6.07, 6.45) is 2.81. The van der Waals surface area contributed by atoms with Crippen molar-refractivity contribution in [3.63, 3.8) is 0 Å². The molecule has 0 aromatic carbocycles. The van der Waals surface area contributed by atoms with Gasteiger partial charge >= 0.3 is 0 Å². The first kappa shape index (κ1) is 9.30. The van der Waals surface area contributed by atoms with Gasteiger partial charge in [0.2, 0.25) is 0 Å². The van der Waals surface area contributed by atoms with E-state index >= 15 is 0 Å². The quantitative estimate of drug-likeness (QED) is 0.519. The smallest absolute Gasteiger partial charge is 0.0279 e. The number of hydrogen-bond donors (Lipinski definition) is 3. The first-order valence-electron chi connectivity index (χ1n) is 3.50. The molecule has 0 saturated heterocycles. The standard InChI is InChI=1S/C7H17N3/c1-6(8)4-7(10-3)5-9-2/h5-6,9-10H,4,8H2,1-3H3/b7-5-. The van der Waals surface area contributed by atoms with Gasteiger partial charge < -0.3 is 16.4 Å². The van der Waals surface area contributed by atoms with Crippen LogP contribution in [-0.2, 0) is 0 Å². The summed E-state index contributed by atoms with van der Waals surface area (Å²) in [6.45, 7) is 1.99. The molecule has 0 aliphatic rings. The molecule has 0 rings (SSSR count). The number of rotatable bonds is 4. The average molecular weight is 143 g/mol. The minimum Gasteiger partial charge on any atom is -0.393 e. The molecule has 0 fully saturated rings. The van der Waals surface area contributed by atoms with E-state index in [-0.39, 0.29) is 6.04 Å². The van der Waals surface area contributed by atoms with Crippen molar-refractivity contribution in [3.8, 4) is 0 Å². The summed E-state index contributed by atoms with van der Waals surface area (Å²) in [5.41, 5.74) is 6.73. The fraction of sp³-hybridized carbons (Fsp3) is 0.714. The van der Waals surface area contributed by atoms with E-state index in [1.807, 2.05) is 27.2 Å². The molecule has 0 radical (unpaired) electrons. The Bertz CT molecular complexity index is 107. The van der Waals surface area contributed by atoms with Crippen molar-refractivity contribution in [2.24, 2.45) is 5.73 Å². The Morgan fingerprint density at radius 1 is 1.60 bits per heavy atom. The van der Waals surface area contributed by atoms with Crippen LogP contribution in [0.15, 0.2) is 11.9 Å². The molecule has 0 heterocycles. The predicted octanol–water partition coefficient (Wildman–Crippen LogP) is 0.00390. The van der Waals surface area contributed by atoms with Crippen LogP contribution < -0.4 is 16.4 Å². The van der Waals surface area contributed by atoms with Crippen LogP contribution in [0.5, 0.6) is 0 Å². The summed E-state index contributed by atoms with van der Waals surface area (Å²) < 4.78 is 0. The minimum absolute atomic E-state index is 0.215. The molecule has 0 bridgehead atoms. The van der Waals surface area contributed by atoms with Crippen LogP contribution in [0.4, 0.5) is 0 Å². The Kier molecular flexibility index (Phi) is 4.76. The van der Waals surface area contributed by atoms with Gasteiger partial charge in [-0.2, -0.15) is 0 Å². The summed E-state index contributed by atoms with van der Waals surface area (Å²) >= 11 is 0. The maximum Gasteiger partial charge on any atom is 0.0279 e. The molecule has 0 aromatic rings. The molecule has 0 aliphatic heterocycles. The number of hydrogen-bond acceptors (Lipinski definition) is 3. The fourth-order valence-corrected chi connectivity index (χ4v) is 0.754. The van der Waals surface area contributed by atoms with Gasteiger partial charge in [0.1, 0.15) is 0 Å². The maximum absolute atomic E-state index is 5.59.